The molecular weight excluding hydrogens is 268 g/mol. The lowest BCUT2D eigenvalue weighted by Crippen LogP contribution is -2.05. The molecule has 1 aromatic rings. The molecule has 0 radical (unpaired) electrons. The van der Waals surface area contributed by atoms with Gasteiger partial charge < -0.3 is 0 Å². The van der Waals surface area contributed by atoms with Gasteiger partial charge in [0.25, 0.3) is 0 Å². The summed E-state index contributed by atoms with van der Waals surface area (Å²) >= 11 is 7.08. The van der Waals surface area contributed by atoms with Gasteiger partial charge in [0.05, 0.1) is 5.75 Å². The topological polar surface area (TPSA) is 51.2 Å². The van der Waals surface area contributed by atoms with Gasteiger partial charge in [-0.1, -0.05) is 11.6 Å². The fraction of sp³-hybridized carbons (Fsp3) is 0.300. The minimum atomic E-state index is -2.96. The number of benzene rings is 1. The zero-order valence-corrected chi connectivity index (χ0v) is 11.0. The molecule has 0 saturated carbocycles. The zero-order chi connectivity index (χ0) is 12.2. The predicted molar refractivity (Wildman–Crippen MR) is 67.3 cm³/mol. The van der Waals surface area contributed by atoms with Gasteiger partial charge in [0, 0.05) is 27.5 Å². The molecule has 6 heteroatoms. The van der Waals surface area contributed by atoms with E-state index in [9.17, 15) is 13.2 Å². The summed E-state index contributed by atoms with van der Waals surface area (Å²) in [5.41, 5.74) is 0.492. The van der Waals surface area contributed by atoms with Gasteiger partial charge in [-0.15, -0.1) is 11.8 Å². The highest BCUT2D eigenvalue weighted by molar-refractivity contribution is 8.00. The summed E-state index contributed by atoms with van der Waals surface area (Å²) in [6.45, 7) is 0. The molecule has 0 saturated heterocycles. The maximum atomic E-state index is 10.9. The molecular formula is C10H11ClO3S2. The molecule has 0 amide bonds. The van der Waals surface area contributed by atoms with Crippen molar-refractivity contribution in [1.29, 1.82) is 0 Å². The Balaban J connectivity index is 2.70. The molecule has 1 aromatic carbocycles. The Kier molecular flexibility index (Phi) is 4.83. The number of thioether (sulfide) groups is 1. The lowest BCUT2D eigenvalue weighted by Gasteiger charge is -2.04. The Morgan fingerprint density at radius 3 is 2.69 bits per heavy atom. The number of hydrogen-bond acceptors (Lipinski definition) is 4. The largest absolute Gasteiger partial charge is 0.298 e. The van der Waals surface area contributed by atoms with Gasteiger partial charge >= 0.3 is 0 Å². The quantitative estimate of drug-likeness (QED) is 0.612. The standard InChI is InChI=1S/C10H11ClO3S2/c1-16(13,14)5-4-15-10-3-2-9(11)6-8(10)7-12/h2-3,6-7H,4-5H2,1H3. The monoisotopic (exact) mass is 278 g/mol. The van der Waals surface area contributed by atoms with E-state index in [1.165, 1.54) is 18.0 Å². The average molecular weight is 279 g/mol. The van der Waals surface area contributed by atoms with E-state index in [2.05, 4.69) is 0 Å². The maximum Gasteiger partial charge on any atom is 0.151 e. The second-order valence-electron chi connectivity index (χ2n) is 3.28. The molecule has 0 unspecified atom stereocenters. The van der Waals surface area contributed by atoms with Crippen molar-refractivity contribution in [2.45, 2.75) is 4.90 Å². The molecule has 3 nitrogen and oxygen atoms in total. The first-order chi connectivity index (χ1) is 7.42. The lowest BCUT2D eigenvalue weighted by molar-refractivity contribution is 0.112. The first-order valence-electron chi connectivity index (χ1n) is 4.47. The minimum absolute atomic E-state index is 0.0958. The first kappa shape index (κ1) is 13.5. The van der Waals surface area contributed by atoms with E-state index >= 15 is 0 Å². The van der Waals surface area contributed by atoms with Crippen molar-refractivity contribution in [3.63, 3.8) is 0 Å². The van der Waals surface area contributed by atoms with Crippen molar-refractivity contribution in [2.24, 2.45) is 0 Å². The zero-order valence-electron chi connectivity index (χ0n) is 8.64. The third kappa shape index (κ3) is 4.55. The van der Waals surface area contributed by atoms with Crippen LogP contribution in [0.4, 0.5) is 0 Å². The van der Waals surface area contributed by atoms with Crippen LogP contribution in [0.15, 0.2) is 23.1 Å². The van der Waals surface area contributed by atoms with E-state index in [4.69, 9.17) is 11.6 Å². The lowest BCUT2D eigenvalue weighted by atomic mass is 10.2. The van der Waals surface area contributed by atoms with Crippen molar-refractivity contribution < 1.29 is 13.2 Å². The minimum Gasteiger partial charge on any atom is -0.298 e. The normalized spacial score (nSPS) is 11.4. The number of rotatable bonds is 5. The molecule has 0 spiro atoms. The van der Waals surface area contributed by atoms with E-state index in [0.717, 1.165) is 4.90 Å². The average Bonchev–Trinajstić information content (AvgIpc) is 2.18. The van der Waals surface area contributed by atoms with Gasteiger partial charge in [0.1, 0.15) is 9.84 Å². The van der Waals surface area contributed by atoms with Gasteiger partial charge in [0.2, 0.25) is 0 Å². The number of carbonyl (C=O) groups is 1. The van der Waals surface area contributed by atoms with Gasteiger partial charge in [-0.3, -0.25) is 4.79 Å². The number of sulfone groups is 1. The fourth-order valence-corrected chi connectivity index (χ4v) is 3.43. The summed E-state index contributed by atoms with van der Waals surface area (Å²) in [7, 11) is -2.96. The molecule has 0 heterocycles. The third-order valence-electron chi connectivity index (χ3n) is 1.81. The molecule has 0 atom stereocenters. The van der Waals surface area contributed by atoms with Crippen LogP contribution < -0.4 is 0 Å². The van der Waals surface area contributed by atoms with Crippen LogP contribution in [0.3, 0.4) is 0 Å². The highest BCUT2D eigenvalue weighted by atomic mass is 35.5. The van der Waals surface area contributed by atoms with E-state index in [1.54, 1.807) is 18.2 Å². The molecule has 0 aliphatic rings. The van der Waals surface area contributed by atoms with E-state index in [1.807, 2.05) is 0 Å². The van der Waals surface area contributed by atoms with Crippen LogP contribution in [0.25, 0.3) is 0 Å². The summed E-state index contributed by atoms with van der Waals surface area (Å²) in [6.07, 6.45) is 1.91. The molecule has 16 heavy (non-hydrogen) atoms. The van der Waals surface area contributed by atoms with Crippen LogP contribution >= 0.6 is 23.4 Å². The van der Waals surface area contributed by atoms with E-state index < -0.39 is 9.84 Å². The fourth-order valence-electron chi connectivity index (χ4n) is 1.05. The SMILES string of the molecule is CS(=O)(=O)CCSc1ccc(Cl)cc1C=O. The number of hydrogen-bond donors (Lipinski definition) is 0. The molecule has 1 rings (SSSR count). The van der Waals surface area contributed by atoms with E-state index in [-0.39, 0.29) is 5.75 Å². The third-order valence-corrected chi connectivity index (χ3v) is 4.34. The van der Waals surface area contributed by atoms with Crippen molar-refractivity contribution in [3.8, 4) is 0 Å². The van der Waals surface area contributed by atoms with Gasteiger partial charge in [-0.25, -0.2) is 8.42 Å². The van der Waals surface area contributed by atoms with Crippen molar-refractivity contribution in [1.82, 2.24) is 0 Å². The van der Waals surface area contributed by atoms with Gasteiger partial charge in [0.15, 0.2) is 6.29 Å². The number of halogens is 1. The summed E-state index contributed by atoms with van der Waals surface area (Å²) in [4.78, 5) is 11.5. The highest BCUT2D eigenvalue weighted by Gasteiger charge is 2.06. The molecule has 0 aromatic heterocycles. The summed E-state index contributed by atoms with van der Waals surface area (Å²) in [5, 5.41) is 0.495. The van der Waals surface area contributed by atoms with E-state index in [0.29, 0.717) is 22.6 Å². The molecule has 0 fully saturated rings. The Bertz CT molecular complexity index is 483. The van der Waals surface area contributed by atoms with Crippen LogP contribution in [-0.2, 0) is 9.84 Å². The smallest absolute Gasteiger partial charge is 0.151 e. The first-order valence-corrected chi connectivity index (χ1v) is 7.90. The Morgan fingerprint density at radius 2 is 2.12 bits per heavy atom. The second-order valence-corrected chi connectivity index (χ2v) is 7.11. The van der Waals surface area contributed by atoms with Crippen LogP contribution in [0, 0.1) is 0 Å². The Morgan fingerprint density at radius 1 is 1.44 bits per heavy atom. The predicted octanol–water partition coefficient (Wildman–Crippen LogP) is 2.29. The van der Waals surface area contributed by atoms with Crippen LogP contribution in [0.5, 0.6) is 0 Å². The number of carbonyl (C=O) groups excluding carboxylic acids is 1. The second kappa shape index (κ2) is 5.70. The van der Waals surface area contributed by atoms with Crippen LogP contribution in [-0.4, -0.2) is 32.5 Å². The summed E-state index contributed by atoms with van der Waals surface area (Å²) < 4.78 is 21.9. The summed E-state index contributed by atoms with van der Waals surface area (Å²) in [5.74, 6) is 0.528. The van der Waals surface area contributed by atoms with Crippen molar-refractivity contribution in [3.05, 3.63) is 28.8 Å². The highest BCUT2D eigenvalue weighted by Crippen LogP contribution is 2.24. The molecule has 0 bridgehead atoms. The molecule has 88 valence electrons. The van der Waals surface area contributed by atoms with Crippen molar-refractivity contribution in [2.75, 3.05) is 17.8 Å². The maximum absolute atomic E-state index is 10.9. The van der Waals surface area contributed by atoms with Crippen LogP contribution in [0.1, 0.15) is 10.4 Å². The van der Waals surface area contributed by atoms with Gasteiger partial charge in [-0.2, -0.15) is 0 Å². The van der Waals surface area contributed by atoms with Crippen molar-refractivity contribution >= 4 is 39.5 Å². The summed E-state index contributed by atoms with van der Waals surface area (Å²) in [6, 6.07) is 4.97. The Hall–Kier alpha value is -0.520. The number of aldehydes is 1. The van der Waals surface area contributed by atoms with Gasteiger partial charge in [-0.05, 0) is 18.2 Å². The Labute approximate surface area is 104 Å². The molecule has 0 aliphatic heterocycles. The molecule has 0 aliphatic carbocycles. The van der Waals surface area contributed by atoms with Crippen LogP contribution in [0.2, 0.25) is 5.02 Å². The molecule has 0 N–H and O–H groups in total.